The lowest BCUT2D eigenvalue weighted by molar-refractivity contribution is 0.0963. The van der Waals surface area contributed by atoms with Crippen LogP contribution in [0.4, 0.5) is 4.39 Å². The van der Waals surface area contributed by atoms with Gasteiger partial charge in [0.1, 0.15) is 0 Å². The Hall–Kier alpha value is -2.33. The van der Waals surface area contributed by atoms with E-state index in [1.165, 1.54) is 16.7 Å². The second-order valence-electron chi connectivity index (χ2n) is 5.39. The van der Waals surface area contributed by atoms with Crippen molar-refractivity contribution in [2.24, 2.45) is 0 Å². The maximum Gasteiger partial charge on any atom is 0.262 e. The standard InChI is InChI=1S/C18H15ClFNO2/c1-3-13-10(2)21(16-9-15(20)17(22)8-14(13)16)18(23)11-4-6-12(19)7-5-11/h4-9,22H,3H2,1-2H3. The zero-order valence-corrected chi connectivity index (χ0v) is 13.5. The maximum atomic E-state index is 13.8. The number of aromatic hydroxyl groups is 1. The minimum atomic E-state index is -0.747. The molecule has 0 amide bonds. The molecule has 0 atom stereocenters. The highest BCUT2D eigenvalue weighted by Crippen LogP contribution is 2.32. The Kier molecular flexibility index (Phi) is 3.86. The monoisotopic (exact) mass is 331 g/mol. The van der Waals surface area contributed by atoms with Crippen molar-refractivity contribution in [1.82, 2.24) is 4.57 Å². The molecule has 1 N–H and O–H groups in total. The Morgan fingerprint density at radius 3 is 2.52 bits per heavy atom. The van der Waals surface area contributed by atoms with Gasteiger partial charge >= 0.3 is 0 Å². The third kappa shape index (κ3) is 2.49. The number of benzene rings is 2. The first kappa shape index (κ1) is 15.6. The van der Waals surface area contributed by atoms with Crippen molar-refractivity contribution >= 4 is 28.4 Å². The van der Waals surface area contributed by atoms with Crippen molar-refractivity contribution in [3.8, 4) is 5.75 Å². The lowest BCUT2D eigenvalue weighted by Crippen LogP contribution is -2.13. The summed E-state index contributed by atoms with van der Waals surface area (Å²) in [5.74, 6) is -1.42. The van der Waals surface area contributed by atoms with Crippen LogP contribution in [0, 0.1) is 12.7 Å². The van der Waals surface area contributed by atoms with Crippen LogP contribution in [0.1, 0.15) is 28.5 Å². The molecule has 2 aromatic carbocycles. The molecule has 3 nitrogen and oxygen atoms in total. The molecular formula is C18H15ClFNO2. The molecule has 0 aliphatic carbocycles. The number of carbonyl (C=O) groups excluding carboxylic acids is 1. The van der Waals surface area contributed by atoms with Gasteiger partial charge in [-0.05, 0) is 49.2 Å². The van der Waals surface area contributed by atoms with Crippen molar-refractivity contribution < 1.29 is 14.3 Å². The highest BCUT2D eigenvalue weighted by atomic mass is 35.5. The predicted octanol–water partition coefficient (Wildman–Crippen LogP) is 4.70. The fraction of sp³-hybridized carbons (Fsp3) is 0.167. The molecule has 0 bridgehead atoms. The van der Waals surface area contributed by atoms with E-state index in [9.17, 15) is 14.3 Å². The Balaban J connectivity index is 2.28. The van der Waals surface area contributed by atoms with Crippen molar-refractivity contribution in [2.45, 2.75) is 20.3 Å². The summed E-state index contributed by atoms with van der Waals surface area (Å²) >= 11 is 5.86. The molecule has 0 unspecified atom stereocenters. The van der Waals surface area contributed by atoms with E-state index in [4.69, 9.17) is 11.6 Å². The maximum absolute atomic E-state index is 13.8. The molecule has 3 rings (SSSR count). The second-order valence-corrected chi connectivity index (χ2v) is 5.82. The van der Waals surface area contributed by atoms with Crippen LogP contribution in [-0.2, 0) is 6.42 Å². The number of rotatable bonds is 2. The van der Waals surface area contributed by atoms with Crippen LogP contribution >= 0.6 is 11.6 Å². The largest absolute Gasteiger partial charge is 0.505 e. The van der Waals surface area contributed by atoms with Crippen molar-refractivity contribution in [3.05, 3.63) is 64.1 Å². The Labute approximate surface area is 137 Å². The molecule has 23 heavy (non-hydrogen) atoms. The summed E-state index contributed by atoms with van der Waals surface area (Å²) in [5, 5.41) is 10.9. The summed E-state index contributed by atoms with van der Waals surface area (Å²) in [6.07, 6.45) is 0.675. The number of carbonyl (C=O) groups is 1. The first-order valence-electron chi connectivity index (χ1n) is 7.26. The number of phenolic OH excluding ortho intramolecular Hbond substituents is 1. The van der Waals surface area contributed by atoms with E-state index >= 15 is 0 Å². The number of phenols is 1. The fourth-order valence-corrected chi connectivity index (χ4v) is 3.04. The quantitative estimate of drug-likeness (QED) is 0.739. The number of aryl methyl sites for hydroxylation is 1. The molecule has 0 aliphatic heterocycles. The van der Waals surface area contributed by atoms with Gasteiger partial charge in [-0.15, -0.1) is 0 Å². The molecule has 5 heteroatoms. The Morgan fingerprint density at radius 1 is 1.26 bits per heavy atom. The van der Waals surface area contributed by atoms with E-state index in [1.54, 1.807) is 24.3 Å². The van der Waals surface area contributed by atoms with Crippen molar-refractivity contribution in [2.75, 3.05) is 0 Å². The van der Waals surface area contributed by atoms with E-state index in [1.807, 2.05) is 13.8 Å². The number of fused-ring (bicyclic) bond motifs is 1. The lowest BCUT2D eigenvalue weighted by atomic mass is 10.1. The second kappa shape index (κ2) is 5.70. The molecular weight excluding hydrogens is 317 g/mol. The molecule has 1 aromatic heterocycles. The summed E-state index contributed by atoms with van der Waals surface area (Å²) in [7, 11) is 0. The van der Waals surface area contributed by atoms with Crippen LogP contribution < -0.4 is 0 Å². The van der Waals surface area contributed by atoms with Gasteiger partial charge in [0.2, 0.25) is 0 Å². The first-order chi connectivity index (χ1) is 10.9. The van der Waals surface area contributed by atoms with Gasteiger partial charge in [0.25, 0.3) is 5.91 Å². The number of hydrogen-bond acceptors (Lipinski definition) is 2. The number of hydrogen-bond donors (Lipinski definition) is 1. The Morgan fingerprint density at radius 2 is 1.91 bits per heavy atom. The van der Waals surface area contributed by atoms with Gasteiger partial charge in [0.05, 0.1) is 5.52 Å². The van der Waals surface area contributed by atoms with Crippen LogP contribution in [0.2, 0.25) is 5.02 Å². The van der Waals surface area contributed by atoms with Crippen LogP contribution in [0.15, 0.2) is 36.4 Å². The van der Waals surface area contributed by atoms with Gasteiger partial charge in [-0.3, -0.25) is 9.36 Å². The SMILES string of the molecule is CCc1c(C)n(C(=O)c2ccc(Cl)cc2)c2cc(F)c(O)cc12. The minimum Gasteiger partial charge on any atom is -0.505 e. The van der Waals surface area contributed by atoms with Gasteiger partial charge in [0, 0.05) is 27.7 Å². The lowest BCUT2D eigenvalue weighted by Gasteiger charge is -2.08. The molecule has 0 aliphatic rings. The molecule has 0 saturated carbocycles. The number of halogens is 2. The third-order valence-electron chi connectivity index (χ3n) is 4.05. The zero-order chi connectivity index (χ0) is 16.7. The summed E-state index contributed by atoms with van der Waals surface area (Å²) in [5.41, 5.74) is 2.57. The highest BCUT2D eigenvalue weighted by Gasteiger charge is 2.20. The van der Waals surface area contributed by atoms with Crippen molar-refractivity contribution in [3.63, 3.8) is 0 Å². The van der Waals surface area contributed by atoms with Crippen molar-refractivity contribution in [1.29, 1.82) is 0 Å². The predicted molar refractivity (Wildman–Crippen MR) is 88.9 cm³/mol. The van der Waals surface area contributed by atoms with Gasteiger partial charge in [0.15, 0.2) is 11.6 Å². The van der Waals surface area contributed by atoms with E-state index in [0.29, 0.717) is 27.9 Å². The third-order valence-corrected chi connectivity index (χ3v) is 4.30. The van der Waals surface area contributed by atoms with Gasteiger partial charge in [-0.2, -0.15) is 0 Å². The molecule has 0 saturated heterocycles. The molecule has 0 radical (unpaired) electrons. The van der Waals surface area contributed by atoms with Crippen LogP contribution in [0.3, 0.4) is 0 Å². The zero-order valence-electron chi connectivity index (χ0n) is 12.7. The van der Waals surface area contributed by atoms with Crippen LogP contribution in [0.25, 0.3) is 10.9 Å². The van der Waals surface area contributed by atoms with E-state index in [2.05, 4.69) is 0 Å². The van der Waals surface area contributed by atoms with E-state index < -0.39 is 11.6 Å². The smallest absolute Gasteiger partial charge is 0.262 e. The molecule has 1 heterocycles. The summed E-state index contributed by atoms with van der Waals surface area (Å²) < 4.78 is 15.3. The average Bonchev–Trinajstić information content (AvgIpc) is 2.78. The fourth-order valence-electron chi connectivity index (χ4n) is 2.92. The topological polar surface area (TPSA) is 42.2 Å². The van der Waals surface area contributed by atoms with Gasteiger partial charge < -0.3 is 5.11 Å². The Bertz CT molecular complexity index is 913. The van der Waals surface area contributed by atoms with E-state index in [0.717, 1.165) is 11.3 Å². The van der Waals surface area contributed by atoms with Crippen LogP contribution in [0.5, 0.6) is 5.75 Å². The normalized spacial score (nSPS) is 11.1. The highest BCUT2D eigenvalue weighted by molar-refractivity contribution is 6.30. The first-order valence-corrected chi connectivity index (χ1v) is 7.64. The van der Waals surface area contributed by atoms with Crippen LogP contribution in [-0.4, -0.2) is 15.6 Å². The summed E-state index contributed by atoms with van der Waals surface area (Å²) in [4.78, 5) is 12.9. The molecule has 0 spiro atoms. The minimum absolute atomic E-state index is 0.256. The summed E-state index contributed by atoms with van der Waals surface area (Å²) in [6, 6.07) is 9.13. The summed E-state index contributed by atoms with van der Waals surface area (Å²) in [6.45, 7) is 3.78. The molecule has 3 aromatic rings. The molecule has 118 valence electrons. The number of nitrogens with zero attached hydrogens (tertiary/aromatic N) is 1. The molecule has 0 fully saturated rings. The average molecular weight is 332 g/mol. The number of aromatic nitrogens is 1. The van der Waals surface area contributed by atoms with E-state index in [-0.39, 0.29) is 5.91 Å². The van der Waals surface area contributed by atoms with Gasteiger partial charge in [-0.25, -0.2) is 4.39 Å². The van der Waals surface area contributed by atoms with Gasteiger partial charge in [-0.1, -0.05) is 18.5 Å².